The van der Waals surface area contributed by atoms with Crippen molar-refractivity contribution in [2.75, 3.05) is 6.61 Å². The van der Waals surface area contributed by atoms with E-state index in [0.29, 0.717) is 12.3 Å². The molecule has 3 nitrogen and oxygen atoms in total. The van der Waals surface area contributed by atoms with Gasteiger partial charge in [0.15, 0.2) is 5.69 Å². The number of fused-ring (bicyclic) bond motifs is 5. The summed E-state index contributed by atoms with van der Waals surface area (Å²) in [7, 11) is 0. The topological polar surface area (TPSA) is 39.2 Å². The van der Waals surface area contributed by atoms with Gasteiger partial charge in [-0.15, -0.1) is 0 Å². The molecule has 0 unspecified atom stereocenters. The molecule has 1 aliphatic rings. The van der Waals surface area contributed by atoms with Gasteiger partial charge in [-0.2, -0.15) is 0 Å². The van der Waals surface area contributed by atoms with Gasteiger partial charge in [-0.25, -0.2) is 9.78 Å². The highest BCUT2D eigenvalue weighted by Crippen LogP contribution is 2.42. The van der Waals surface area contributed by atoms with E-state index < -0.39 is 0 Å². The molecule has 2 aromatic carbocycles. The van der Waals surface area contributed by atoms with E-state index in [1.807, 2.05) is 37.3 Å². The van der Waals surface area contributed by atoms with Gasteiger partial charge in [0.2, 0.25) is 0 Å². The molecule has 0 atom stereocenters. The molecule has 0 N–H and O–H groups in total. The lowest BCUT2D eigenvalue weighted by atomic mass is 9.99. The molecule has 1 heterocycles. The van der Waals surface area contributed by atoms with Crippen LogP contribution in [0.25, 0.3) is 22.0 Å². The number of benzene rings is 2. The Hall–Kier alpha value is -2.68. The Labute approximate surface area is 128 Å². The second-order valence-electron chi connectivity index (χ2n) is 5.39. The summed E-state index contributed by atoms with van der Waals surface area (Å²) >= 11 is 0. The summed E-state index contributed by atoms with van der Waals surface area (Å²) in [5.41, 5.74) is 5.83. The molecule has 0 saturated carbocycles. The van der Waals surface area contributed by atoms with Crippen LogP contribution in [0.15, 0.2) is 48.5 Å². The summed E-state index contributed by atoms with van der Waals surface area (Å²) in [6.07, 6.45) is 0.734. The first-order chi connectivity index (χ1) is 10.8. The van der Waals surface area contributed by atoms with Crippen molar-refractivity contribution < 1.29 is 9.53 Å². The van der Waals surface area contributed by atoms with E-state index in [0.717, 1.165) is 28.5 Å². The number of pyridine rings is 1. The summed E-state index contributed by atoms with van der Waals surface area (Å²) < 4.78 is 5.20. The Morgan fingerprint density at radius 1 is 1.14 bits per heavy atom. The number of hydrogen-bond donors (Lipinski definition) is 0. The number of rotatable bonds is 2. The number of para-hydroxylation sites is 1. The molecule has 4 rings (SSSR count). The molecular weight excluding hydrogens is 274 g/mol. The lowest BCUT2D eigenvalue weighted by Crippen LogP contribution is -2.11. The van der Waals surface area contributed by atoms with E-state index in [1.54, 1.807) is 0 Å². The smallest absolute Gasteiger partial charge is 0.357 e. The van der Waals surface area contributed by atoms with Crippen LogP contribution in [0, 0.1) is 0 Å². The average Bonchev–Trinajstić information content (AvgIpc) is 2.94. The van der Waals surface area contributed by atoms with E-state index in [-0.39, 0.29) is 5.97 Å². The van der Waals surface area contributed by atoms with Crippen molar-refractivity contribution in [1.29, 1.82) is 0 Å². The van der Waals surface area contributed by atoms with Gasteiger partial charge in [0.1, 0.15) is 0 Å². The number of ether oxygens (including phenoxy) is 1. The van der Waals surface area contributed by atoms with Gasteiger partial charge in [0, 0.05) is 11.8 Å². The standard InChI is InChI=1S/C19H15NO2/c1-2-22-19(21)18-15-11-12-7-3-4-8-13(12)17(15)14-9-5-6-10-16(14)20-18/h3-10H,2,11H2,1H3. The van der Waals surface area contributed by atoms with Crippen molar-refractivity contribution in [3.8, 4) is 11.1 Å². The molecule has 3 heteroatoms. The molecule has 3 aromatic rings. The fourth-order valence-electron chi connectivity index (χ4n) is 3.21. The maximum Gasteiger partial charge on any atom is 0.357 e. The normalized spacial score (nSPS) is 12.0. The molecule has 0 radical (unpaired) electrons. The third-order valence-corrected chi connectivity index (χ3v) is 4.12. The maximum absolute atomic E-state index is 12.3. The number of carbonyl (C=O) groups excluding carboxylic acids is 1. The van der Waals surface area contributed by atoms with E-state index in [1.165, 1.54) is 11.1 Å². The largest absolute Gasteiger partial charge is 0.461 e. The third-order valence-electron chi connectivity index (χ3n) is 4.12. The van der Waals surface area contributed by atoms with Gasteiger partial charge in [-0.1, -0.05) is 42.5 Å². The van der Waals surface area contributed by atoms with Crippen LogP contribution in [-0.2, 0) is 11.2 Å². The Morgan fingerprint density at radius 3 is 2.77 bits per heavy atom. The zero-order chi connectivity index (χ0) is 15.1. The minimum absolute atomic E-state index is 0.336. The lowest BCUT2D eigenvalue weighted by Gasteiger charge is -2.10. The minimum Gasteiger partial charge on any atom is -0.461 e. The molecule has 0 spiro atoms. The van der Waals surface area contributed by atoms with Gasteiger partial charge in [-0.3, -0.25) is 0 Å². The van der Waals surface area contributed by atoms with Crippen LogP contribution in [0.1, 0.15) is 28.5 Å². The monoisotopic (exact) mass is 289 g/mol. The van der Waals surface area contributed by atoms with Crippen LogP contribution in [0.2, 0.25) is 0 Å². The maximum atomic E-state index is 12.3. The van der Waals surface area contributed by atoms with Gasteiger partial charge < -0.3 is 4.74 Å². The summed E-state index contributed by atoms with van der Waals surface area (Å²) in [5.74, 6) is -0.336. The molecule has 0 fully saturated rings. The Morgan fingerprint density at radius 2 is 1.91 bits per heavy atom. The summed E-state index contributed by atoms with van der Waals surface area (Å²) in [6, 6.07) is 16.3. The van der Waals surface area contributed by atoms with Crippen molar-refractivity contribution in [2.24, 2.45) is 0 Å². The molecule has 108 valence electrons. The lowest BCUT2D eigenvalue weighted by molar-refractivity contribution is 0.0519. The third kappa shape index (κ3) is 1.82. The minimum atomic E-state index is -0.336. The highest BCUT2D eigenvalue weighted by molar-refractivity contribution is 6.04. The van der Waals surface area contributed by atoms with Crippen molar-refractivity contribution >= 4 is 16.9 Å². The van der Waals surface area contributed by atoms with Crippen LogP contribution in [0.5, 0.6) is 0 Å². The van der Waals surface area contributed by atoms with Gasteiger partial charge in [0.05, 0.1) is 12.1 Å². The van der Waals surface area contributed by atoms with Gasteiger partial charge in [0.25, 0.3) is 0 Å². The van der Waals surface area contributed by atoms with Crippen molar-refractivity contribution in [3.63, 3.8) is 0 Å². The van der Waals surface area contributed by atoms with Crippen LogP contribution in [0.4, 0.5) is 0 Å². The van der Waals surface area contributed by atoms with Crippen LogP contribution < -0.4 is 0 Å². The van der Waals surface area contributed by atoms with Crippen molar-refractivity contribution in [1.82, 2.24) is 4.98 Å². The first-order valence-corrected chi connectivity index (χ1v) is 7.46. The van der Waals surface area contributed by atoms with Crippen LogP contribution in [-0.4, -0.2) is 17.6 Å². The van der Waals surface area contributed by atoms with Crippen molar-refractivity contribution in [3.05, 3.63) is 65.4 Å². The fraction of sp³-hybridized carbons (Fsp3) is 0.158. The first-order valence-electron chi connectivity index (χ1n) is 7.46. The molecule has 1 aromatic heterocycles. The quantitative estimate of drug-likeness (QED) is 0.524. The zero-order valence-corrected chi connectivity index (χ0v) is 12.3. The predicted octanol–water partition coefficient (Wildman–Crippen LogP) is 3.98. The SMILES string of the molecule is CCOC(=O)c1nc2ccccc2c2c1Cc1ccccc1-2. The molecule has 1 aliphatic carbocycles. The first kappa shape index (κ1) is 13.0. The predicted molar refractivity (Wildman–Crippen MR) is 85.9 cm³/mol. The summed E-state index contributed by atoms with van der Waals surface area (Å²) in [4.78, 5) is 16.9. The second kappa shape index (κ2) is 4.95. The number of esters is 1. The number of nitrogens with zero attached hydrogens (tertiary/aromatic N) is 1. The molecule has 0 saturated heterocycles. The summed E-state index contributed by atoms with van der Waals surface area (Å²) in [6.45, 7) is 2.17. The highest BCUT2D eigenvalue weighted by atomic mass is 16.5. The second-order valence-corrected chi connectivity index (χ2v) is 5.39. The fourth-order valence-corrected chi connectivity index (χ4v) is 3.21. The number of hydrogen-bond acceptors (Lipinski definition) is 3. The Kier molecular flexibility index (Phi) is 2.93. The molecular formula is C19H15NO2. The average molecular weight is 289 g/mol. The highest BCUT2D eigenvalue weighted by Gasteiger charge is 2.27. The van der Waals surface area contributed by atoms with Crippen molar-refractivity contribution in [2.45, 2.75) is 13.3 Å². The van der Waals surface area contributed by atoms with E-state index >= 15 is 0 Å². The van der Waals surface area contributed by atoms with E-state index in [2.05, 4.69) is 23.2 Å². The van der Waals surface area contributed by atoms with Crippen LogP contribution in [0.3, 0.4) is 0 Å². The summed E-state index contributed by atoms with van der Waals surface area (Å²) in [5, 5.41) is 1.09. The van der Waals surface area contributed by atoms with Gasteiger partial charge in [-0.05, 0) is 35.2 Å². The van der Waals surface area contributed by atoms with Gasteiger partial charge >= 0.3 is 5.97 Å². The van der Waals surface area contributed by atoms with E-state index in [4.69, 9.17) is 4.74 Å². The number of aromatic nitrogens is 1. The Balaban J connectivity index is 2.06. The van der Waals surface area contributed by atoms with E-state index in [9.17, 15) is 4.79 Å². The van der Waals surface area contributed by atoms with Crippen LogP contribution >= 0.6 is 0 Å². The number of carbonyl (C=O) groups is 1. The molecule has 22 heavy (non-hydrogen) atoms. The zero-order valence-electron chi connectivity index (χ0n) is 12.3. The Bertz CT molecular complexity index is 899. The molecule has 0 amide bonds. The molecule has 0 aliphatic heterocycles. The molecule has 0 bridgehead atoms.